The third kappa shape index (κ3) is 2.33. The summed E-state index contributed by atoms with van der Waals surface area (Å²) >= 11 is 0. The van der Waals surface area contributed by atoms with Crippen molar-refractivity contribution in [2.24, 2.45) is 5.41 Å². The van der Waals surface area contributed by atoms with Gasteiger partial charge in [-0.05, 0) is 27.7 Å². The highest BCUT2D eigenvalue weighted by atomic mass is 16.5. The molecule has 1 atom stereocenters. The average Bonchev–Trinajstić information content (AvgIpc) is 2.24. The Morgan fingerprint density at radius 3 is 2.41 bits per heavy atom. The second-order valence-electron chi connectivity index (χ2n) is 5.99. The largest absolute Gasteiger partial charge is 0.379 e. The zero-order valence-corrected chi connectivity index (χ0v) is 11.4. The number of hydrogen-bond donors (Lipinski definition) is 0. The first kappa shape index (κ1) is 12.8. The fourth-order valence-corrected chi connectivity index (χ4v) is 2.63. The van der Waals surface area contributed by atoms with Crippen molar-refractivity contribution in [3.63, 3.8) is 0 Å². The minimum Gasteiger partial charge on any atom is -0.379 e. The Kier molecular flexibility index (Phi) is 3.46. The van der Waals surface area contributed by atoms with Gasteiger partial charge in [-0.1, -0.05) is 0 Å². The van der Waals surface area contributed by atoms with Crippen molar-refractivity contribution < 1.29 is 9.53 Å². The van der Waals surface area contributed by atoms with Gasteiger partial charge in [0.1, 0.15) is 0 Å². The predicted octanol–water partition coefficient (Wildman–Crippen LogP) is 0.964. The van der Waals surface area contributed by atoms with E-state index in [0.717, 1.165) is 19.6 Å². The Bertz CT molecular complexity index is 300. The maximum Gasteiger partial charge on any atom is 0.233 e. The molecule has 2 rings (SSSR count). The molecule has 0 aromatic rings. The van der Waals surface area contributed by atoms with Gasteiger partial charge in [0.15, 0.2) is 0 Å². The highest BCUT2D eigenvalue weighted by Gasteiger charge is 2.45. The molecule has 0 N–H and O–H groups in total. The van der Waals surface area contributed by atoms with E-state index in [1.54, 1.807) is 0 Å². The molecule has 2 fully saturated rings. The van der Waals surface area contributed by atoms with E-state index in [2.05, 4.69) is 25.7 Å². The molecule has 4 nitrogen and oxygen atoms in total. The van der Waals surface area contributed by atoms with Crippen LogP contribution in [0, 0.1) is 5.41 Å². The second kappa shape index (κ2) is 4.58. The molecule has 2 aliphatic heterocycles. The van der Waals surface area contributed by atoms with E-state index < -0.39 is 0 Å². The zero-order valence-electron chi connectivity index (χ0n) is 11.4. The number of amides is 1. The van der Waals surface area contributed by atoms with Gasteiger partial charge in [0.25, 0.3) is 0 Å². The van der Waals surface area contributed by atoms with Crippen LogP contribution in [-0.2, 0) is 9.53 Å². The Morgan fingerprint density at radius 2 is 2.00 bits per heavy atom. The lowest BCUT2D eigenvalue weighted by atomic mass is 9.86. The van der Waals surface area contributed by atoms with Crippen LogP contribution >= 0.6 is 0 Å². The Morgan fingerprint density at radius 1 is 1.35 bits per heavy atom. The van der Waals surface area contributed by atoms with Crippen LogP contribution in [0.1, 0.15) is 27.7 Å². The summed E-state index contributed by atoms with van der Waals surface area (Å²) in [5.41, 5.74) is -0.256. The topological polar surface area (TPSA) is 32.8 Å². The average molecular weight is 240 g/mol. The predicted molar refractivity (Wildman–Crippen MR) is 66.8 cm³/mol. The van der Waals surface area contributed by atoms with Gasteiger partial charge in [-0.25, -0.2) is 0 Å². The normalized spacial score (nSPS) is 29.2. The van der Waals surface area contributed by atoms with Gasteiger partial charge >= 0.3 is 0 Å². The highest BCUT2D eigenvalue weighted by molar-refractivity contribution is 5.83. The Balaban J connectivity index is 1.97. The van der Waals surface area contributed by atoms with E-state index in [4.69, 9.17) is 4.74 Å². The number of rotatable bonds is 2. The van der Waals surface area contributed by atoms with Crippen molar-refractivity contribution >= 4 is 5.91 Å². The molecule has 0 aromatic carbocycles. The van der Waals surface area contributed by atoms with Gasteiger partial charge in [-0.3, -0.25) is 9.69 Å². The molecule has 2 aliphatic rings. The van der Waals surface area contributed by atoms with Crippen LogP contribution in [0.4, 0.5) is 0 Å². The molecule has 1 amide bonds. The van der Waals surface area contributed by atoms with E-state index in [1.165, 1.54) is 0 Å². The number of carbonyl (C=O) groups excluding carboxylic acids is 1. The second-order valence-corrected chi connectivity index (χ2v) is 5.99. The van der Waals surface area contributed by atoms with Crippen LogP contribution in [0.5, 0.6) is 0 Å². The minimum atomic E-state index is -0.256. The minimum absolute atomic E-state index is 0.256. The van der Waals surface area contributed by atoms with Crippen LogP contribution in [0.3, 0.4) is 0 Å². The standard InChI is InChI=1S/C13H24N2O2/c1-10(2)14-5-6-15(11(3)7-14)12(16)13(4)8-17-9-13/h10-11H,5-9H2,1-4H3. The van der Waals surface area contributed by atoms with E-state index in [1.807, 2.05) is 11.8 Å². The molecule has 98 valence electrons. The Hall–Kier alpha value is -0.610. The number of carbonyl (C=O) groups is 1. The maximum atomic E-state index is 12.4. The molecule has 2 heterocycles. The number of hydrogen-bond acceptors (Lipinski definition) is 3. The summed E-state index contributed by atoms with van der Waals surface area (Å²) in [5, 5.41) is 0. The molecule has 0 aromatic heterocycles. The fraction of sp³-hybridized carbons (Fsp3) is 0.923. The molecule has 4 heteroatoms. The first-order valence-corrected chi connectivity index (χ1v) is 6.57. The van der Waals surface area contributed by atoms with Gasteiger partial charge in [0.05, 0.1) is 18.6 Å². The Labute approximate surface area is 104 Å². The molecule has 0 radical (unpaired) electrons. The van der Waals surface area contributed by atoms with Gasteiger partial charge < -0.3 is 9.64 Å². The summed E-state index contributed by atoms with van der Waals surface area (Å²) in [5.74, 6) is 0.277. The van der Waals surface area contributed by atoms with E-state index in [0.29, 0.717) is 25.3 Å². The van der Waals surface area contributed by atoms with Crippen LogP contribution in [0.2, 0.25) is 0 Å². The van der Waals surface area contributed by atoms with Crippen LogP contribution in [0.15, 0.2) is 0 Å². The first-order chi connectivity index (χ1) is 7.94. The van der Waals surface area contributed by atoms with Crippen molar-refractivity contribution in [1.82, 2.24) is 9.80 Å². The molecule has 0 aliphatic carbocycles. The van der Waals surface area contributed by atoms with Crippen LogP contribution in [-0.4, -0.2) is 60.6 Å². The van der Waals surface area contributed by atoms with Crippen molar-refractivity contribution in [2.75, 3.05) is 32.8 Å². The van der Waals surface area contributed by atoms with Crippen molar-refractivity contribution in [3.05, 3.63) is 0 Å². The number of piperazine rings is 1. The molecular formula is C13H24N2O2. The van der Waals surface area contributed by atoms with E-state index in [-0.39, 0.29) is 11.3 Å². The summed E-state index contributed by atoms with van der Waals surface area (Å²) in [4.78, 5) is 16.9. The third-order valence-corrected chi connectivity index (χ3v) is 4.01. The number of nitrogens with zero attached hydrogens (tertiary/aromatic N) is 2. The lowest BCUT2D eigenvalue weighted by molar-refractivity contribution is -0.173. The quantitative estimate of drug-likeness (QED) is 0.721. The molecule has 0 spiro atoms. The molecule has 2 saturated heterocycles. The number of ether oxygens (including phenoxy) is 1. The van der Waals surface area contributed by atoms with E-state index >= 15 is 0 Å². The molecular weight excluding hydrogens is 216 g/mol. The maximum absolute atomic E-state index is 12.4. The van der Waals surface area contributed by atoms with Gasteiger partial charge in [-0.15, -0.1) is 0 Å². The van der Waals surface area contributed by atoms with Gasteiger partial charge in [-0.2, -0.15) is 0 Å². The van der Waals surface area contributed by atoms with Crippen molar-refractivity contribution in [2.45, 2.75) is 39.8 Å². The summed E-state index contributed by atoms with van der Waals surface area (Å²) in [6, 6.07) is 0.883. The van der Waals surface area contributed by atoms with Crippen LogP contribution in [0.25, 0.3) is 0 Å². The van der Waals surface area contributed by atoms with E-state index in [9.17, 15) is 4.79 Å². The zero-order chi connectivity index (χ0) is 12.6. The monoisotopic (exact) mass is 240 g/mol. The molecule has 17 heavy (non-hydrogen) atoms. The summed E-state index contributed by atoms with van der Waals surface area (Å²) in [6.07, 6.45) is 0. The SMILES string of the molecule is CC(C)N1CCN(C(=O)C2(C)COC2)C(C)C1. The third-order valence-electron chi connectivity index (χ3n) is 4.01. The smallest absolute Gasteiger partial charge is 0.233 e. The van der Waals surface area contributed by atoms with Crippen LogP contribution < -0.4 is 0 Å². The van der Waals surface area contributed by atoms with Gasteiger partial charge in [0, 0.05) is 31.7 Å². The lowest BCUT2D eigenvalue weighted by Crippen LogP contribution is -2.61. The highest BCUT2D eigenvalue weighted by Crippen LogP contribution is 2.30. The first-order valence-electron chi connectivity index (χ1n) is 6.57. The summed E-state index contributed by atoms with van der Waals surface area (Å²) in [6.45, 7) is 12.6. The fourth-order valence-electron chi connectivity index (χ4n) is 2.63. The molecule has 1 unspecified atom stereocenters. The molecule has 0 bridgehead atoms. The van der Waals surface area contributed by atoms with Crippen molar-refractivity contribution in [1.29, 1.82) is 0 Å². The molecule has 0 saturated carbocycles. The van der Waals surface area contributed by atoms with Gasteiger partial charge in [0.2, 0.25) is 5.91 Å². The summed E-state index contributed by atoms with van der Waals surface area (Å²) < 4.78 is 5.19. The lowest BCUT2D eigenvalue weighted by Gasteiger charge is -2.47. The summed E-state index contributed by atoms with van der Waals surface area (Å²) in [7, 11) is 0. The van der Waals surface area contributed by atoms with Crippen molar-refractivity contribution in [3.8, 4) is 0 Å².